The number of ketones is 1. The van der Waals surface area contributed by atoms with E-state index in [1.165, 1.54) is 199 Å². The smallest absolute Gasteiger partial charge is 0.220 e. The molecule has 0 aromatic heterocycles. The van der Waals surface area contributed by atoms with E-state index in [-0.39, 0.29) is 5.91 Å². The molecule has 0 aliphatic heterocycles. The van der Waals surface area contributed by atoms with Crippen LogP contribution in [0.4, 0.5) is 0 Å². The van der Waals surface area contributed by atoms with Gasteiger partial charge in [-0.15, -0.1) is 0 Å². The minimum absolute atomic E-state index is 0.0985. The van der Waals surface area contributed by atoms with Gasteiger partial charge in [-0.25, -0.2) is 0 Å². The van der Waals surface area contributed by atoms with Crippen molar-refractivity contribution in [3.05, 3.63) is 24.3 Å². The Kier molecular flexibility index (Phi) is 45.7. The number of nitrogens with one attached hydrogen (secondary N) is 1. The van der Waals surface area contributed by atoms with Gasteiger partial charge in [0.2, 0.25) is 5.91 Å². The number of aliphatic hydroxyl groups is 1. The lowest BCUT2D eigenvalue weighted by Gasteiger charge is -2.12. The summed E-state index contributed by atoms with van der Waals surface area (Å²) in [5.41, 5.74) is 0. The first-order valence-electron chi connectivity index (χ1n) is 24.9. The molecule has 1 unspecified atom stereocenters. The van der Waals surface area contributed by atoms with Crippen LogP contribution in [0.2, 0.25) is 0 Å². The van der Waals surface area contributed by atoms with Crippen LogP contribution in [0.25, 0.3) is 0 Å². The first-order valence-corrected chi connectivity index (χ1v) is 24.9. The molecule has 324 valence electrons. The van der Waals surface area contributed by atoms with Crippen LogP contribution in [-0.2, 0) is 9.59 Å². The number of unbranched alkanes of at least 4 members (excludes halogenated alkanes) is 32. The van der Waals surface area contributed by atoms with Gasteiger partial charge in [-0.3, -0.25) is 9.59 Å². The normalized spacial score (nSPS) is 12.3. The highest BCUT2D eigenvalue weighted by Gasteiger charge is 2.07. The van der Waals surface area contributed by atoms with E-state index in [1.807, 2.05) is 0 Å². The summed E-state index contributed by atoms with van der Waals surface area (Å²) in [6.45, 7) is 4.95. The zero-order valence-corrected chi connectivity index (χ0v) is 37.3. The van der Waals surface area contributed by atoms with E-state index in [1.54, 1.807) is 0 Å². The predicted octanol–water partition coefficient (Wildman–Crippen LogP) is 16.2. The molecule has 0 saturated heterocycles. The Labute approximate surface area is 344 Å². The van der Waals surface area contributed by atoms with E-state index in [0.29, 0.717) is 18.7 Å². The van der Waals surface area contributed by atoms with E-state index in [2.05, 4.69) is 43.5 Å². The zero-order chi connectivity index (χ0) is 40.0. The number of carbonyl (C=O) groups is 2. The van der Waals surface area contributed by atoms with Crippen LogP contribution in [0.5, 0.6) is 0 Å². The van der Waals surface area contributed by atoms with Gasteiger partial charge in [-0.05, 0) is 57.8 Å². The first-order chi connectivity index (χ1) is 27.1. The molecule has 2 N–H and O–H groups in total. The van der Waals surface area contributed by atoms with Crippen LogP contribution in [0.1, 0.15) is 277 Å². The molecule has 0 saturated carbocycles. The first kappa shape index (κ1) is 53.6. The topological polar surface area (TPSA) is 66.4 Å². The number of carbonyl (C=O) groups excluding carboxylic acids is 2. The third kappa shape index (κ3) is 46.9. The third-order valence-electron chi connectivity index (χ3n) is 11.4. The summed E-state index contributed by atoms with van der Waals surface area (Å²) < 4.78 is 0. The van der Waals surface area contributed by atoms with Crippen LogP contribution in [0.15, 0.2) is 24.3 Å². The summed E-state index contributed by atoms with van der Waals surface area (Å²) in [5, 5.41) is 13.2. The third-order valence-corrected chi connectivity index (χ3v) is 11.4. The molecule has 0 spiro atoms. The fourth-order valence-corrected chi connectivity index (χ4v) is 7.63. The van der Waals surface area contributed by atoms with Crippen molar-refractivity contribution in [3.8, 4) is 0 Å². The molecule has 1 atom stereocenters. The lowest BCUT2D eigenvalue weighted by molar-refractivity contribution is -0.121. The van der Waals surface area contributed by atoms with E-state index in [4.69, 9.17) is 0 Å². The van der Waals surface area contributed by atoms with Gasteiger partial charge in [0.15, 0.2) is 0 Å². The molecule has 0 fully saturated rings. The molecule has 4 nitrogen and oxygen atoms in total. The summed E-state index contributed by atoms with van der Waals surface area (Å²) in [6, 6.07) is 0. The van der Waals surface area contributed by atoms with Crippen LogP contribution in [0.3, 0.4) is 0 Å². The monoisotopic (exact) mass is 772 g/mol. The van der Waals surface area contributed by atoms with Crippen LogP contribution < -0.4 is 5.32 Å². The van der Waals surface area contributed by atoms with Crippen LogP contribution in [-0.4, -0.2) is 29.4 Å². The maximum absolute atomic E-state index is 12.2. The van der Waals surface area contributed by atoms with Crippen LogP contribution >= 0.6 is 0 Å². The standard InChI is InChI=1S/C51H97NO3/c1-3-5-7-9-11-13-15-17-19-21-24-28-32-36-40-44-49(53)45-41-37-33-29-25-22-23-27-31-35-39-43-47-51(55)52-48-50(54)46-42-38-34-30-26-20-18-16-14-12-10-8-6-4-2/h11,13,17,19,50,54H,3-10,12,14-16,18,20-48H2,1-2H3,(H,52,55)/b13-11-,19-17-. The fraction of sp³-hybridized carbons (Fsp3) is 0.882. The van der Waals surface area contributed by atoms with Gasteiger partial charge in [0.25, 0.3) is 0 Å². The maximum atomic E-state index is 12.2. The second kappa shape index (κ2) is 47.0. The van der Waals surface area contributed by atoms with E-state index < -0.39 is 6.10 Å². The van der Waals surface area contributed by atoms with Crippen molar-refractivity contribution < 1.29 is 14.7 Å². The number of aliphatic hydroxyl groups excluding tert-OH is 1. The molecule has 0 rings (SSSR count). The number of Topliss-reactive ketones (excluding diaryl/α,β-unsaturated/α-hetero) is 1. The minimum atomic E-state index is -0.402. The van der Waals surface area contributed by atoms with Gasteiger partial charge < -0.3 is 10.4 Å². The van der Waals surface area contributed by atoms with Crippen LogP contribution in [0, 0.1) is 0 Å². The lowest BCUT2D eigenvalue weighted by Crippen LogP contribution is -2.31. The molecule has 0 aliphatic rings. The van der Waals surface area contributed by atoms with Crippen molar-refractivity contribution in [2.45, 2.75) is 283 Å². The van der Waals surface area contributed by atoms with Gasteiger partial charge >= 0.3 is 0 Å². The minimum Gasteiger partial charge on any atom is -0.391 e. The Morgan fingerprint density at radius 1 is 0.418 bits per heavy atom. The average Bonchev–Trinajstić information content (AvgIpc) is 3.18. The number of amides is 1. The van der Waals surface area contributed by atoms with Gasteiger partial charge in [0.05, 0.1) is 6.10 Å². The summed E-state index contributed by atoms with van der Waals surface area (Å²) in [5.74, 6) is 0.581. The van der Waals surface area contributed by atoms with Crippen molar-refractivity contribution >= 4 is 11.7 Å². The Balaban J connectivity index is 3.33. The Hall–Kier alpha value is -1.42. The highest BCUT2D eigenvalue weighted by atomic mass is 16.3. The molecule has 0 aliphatic carbocycles. The number of hydrogen-bond donors (Lipinski definition) is 2. The highest BCUT2D eigenvalue weighted by molar-refractivity contribution is 5.78. The molecule has 0 aromatic carbocycles. The van der Waals surface area contributed by atoms with Crippen molar-refractivity contribution in [2.24, 2.45) is 0 Å². The predicted molar refractivity (Wildman–Crippen MR) is 243 cm³/mol. The molecule has 0 bridgehead atoms. The largest absolute Gasteiger partial charge is 0.391 e. The fourth-order valence-electron chi connectivity index (χ4n) is 7.63. The highest BCUT2D eigenvalue weighted by Crippen LogP contribution is 2.16. The summed E-state index contributed by atoms with van der Waals surface area (Å²) in [7, 11) is 0. The van der Waals surface area contributed by atoms with E-state index >= 15 is 0 Å². The SMILES string of the molecule is CCCCC/C=C\C/C=C\CCCCCCCC(=O)CCCCCCCCCCCCCCC(=O)NCC(O)CCCCCCCCCCCCCCCC. The summed E-state index contributed by atoms with van der Waals surface area (Å²) in [4.78, 5) is 24.4. The van der Waals surface area contributed by atoms with Crippen molar-refractivity contribution in [1.29, 1.82) is 0 Å². The van der Waals surface area contributed by atoms with Gasteiger partial charge in [-0.1, -0.05) is 224 Å². The molecule has 4 heteroatoms. The summed E-state index contributed by atoms with van der Waals surface area (Å²) >= 11 is 0. The number of hydrogen-bond acceptors (Lipinski definition) is 3. The van der Waals surface area contributed by atoms with Gasteiger partial charge in [-0.2, -0.15) is 0 Å². The average molecular weight is 772 g/mol. The van der Waals surface area contributed by atoms with E-state index in [9.17, 15) is 14.7 Å². The van der Waals surface area contributed by atoms with Gasteiger partial charge in [0, 0.05) is 25.8 Å². The second-order valence-electron chi connectivity index (χ2n) is 17.1. The van der Waals surface area contributed by atoms with E-state index in [0.717, 1.165) is 57.8 Å². The van der Waals surface area contributed by atoms with Crippen molar-refractivity contribution in [2.75, 3.05) is 6.54 Å². The maximum Gasteiger partial charge on any atom is 0.220 e. The Bertz CT molecular complexity index is 836. The van der Waals surface area contributed by atoms with Crippen molar-refractivity contribution in [3.63, 3.8) is 0 Å². The zero-order valence-electron chi connectivity index (χ0n) is 37.3. The second-order valence-corrected chi connectivity index (χ2v) is 17.1. The number of allylic oxidation sites excluding steroid dienone is 4. The molecule has 0 radical (unpaired) electrons. The Morgan fingerprint density at radius 2 is 0.745 bits per heavy atom. The molecule has 1 amide bonds. The molecule has 0 heterocycles. The van der Waals surface area contributed by atoms with Gasteiger partial charge in [0.1, 0.15) is 5.78 Å². The molecular formula is C51H97NO3. The van der Waals surface area contributed by atoms with Crippen molar-refractivity contribution in [1.82, 2.24) is 5.32 Å². The number of rotatable bonds is 46. The lowest BCUT2D eigenvalue weighted by atomic mass is 10.0. The molecule has 55 heavy (non-hydrogen) atoms. The summed E-state index contributed by atoms with van der Waals surface area (Å²) in [6.07, 6.45) is 59.0. The Morgan fingerprint density at radius 3 is 1.18 bits per heavy atom. The molecular weight excluding hydrogens is 675 g/mol. The quantitative estimate of drug-likeness (QED) is 0.0478. The molecule has 0 aromatic rings.